The molecule has 27 heavy (non-hydrogen) atoms. The molecule has 2 aliphatic heterocycles. The predicted molar refractivity (Wildman–Crippen MR) is 99.7 cm³/mol. The Morgan fingerprint density at radius 3 is 2.26 bits per heavy atom. The lowest BCUT2D eigenvalue weighted by Gasteiger charge is -2.34. The minimum absolute atomic E-state index is 0.0569. The average molecular weight is 417 g/mol. The molecule has 2 heterocycles. The minimum atomic E-state index is -3.67. The van der Waals surface area contributed by atoms with Gasteiger partial charge in [-0.3, -0.25) is 4.79 Å². The Morgan fingerprint density at radius 2 is 1.74 bits per heavy atom. The van der Waals surface area contributed by atoms with Gasteiger partial charge in [-0.25, -0.2) is 16.8 Å². The third-order valence-corrected chi connectivity index (χ3v) is 8.32. The molecule has 2 aliphatic rings. The third-order valence-electron chi connectivity index (χ3n) is 4.71. The van der Waals surface area contributed by atoms with Crippen molar-refractivity contribution in [2.24, 2.45) is 0 Å². The normalized spacial score (nSPS) is 28.7. The highest BCUT2D eigenvalue weighted by atomic mass is 32.2. The minimum Gasteiger partial charge on any atom is -0.373 e. The van der Waals surface area contributed by atoms with Crippen molar-refractivity contribution >= 4 is 25.8 Å². The second kappa shape index (κ2) is 7.50. The summed E-state index contributed by atoms with van der Waals surface area (Å²) in [6.45, 7) is 4.22. The van der Waals surface area contributed by atoms with Crippen LogP contribution in [0.3, 0.4) is 0 Å². The van der Waals surface area contributed by atoms with E-state index in [-0.39, 0.29) is 41.7 Å². The molecule has 1 aromatic carbocycles. The van der Waals surface area contributed by atoms with Gasteiger partial charge in [-0.05, 0) is 44.5 Å². The summed E-state index contributed by atoms with van der Waals surface area (Å²) in [5, 5.41) is 2.69. The summed E-state index contributed by atoms with van der Waals surface area (Å²) in [6, 6.07) is 5.29. The second-order valence-electron chi connectivity index (χ2n) is 7.18. The van der Waals surface area contributed by atoms with Crippen LogP contribution < -0.4 is 5.32 Å². The van der Waals surface area contributed by atoms with Crippen LogP contribution in [0, 0.1) is 0 Å². The Morgan fingerprint density at radius 1 is 1.15 bits per heavy atom. The summed E-state index contributed by atoms with van der Waals surface area (Å²) >= 11 is 0. The van der Waals surface area contributed by atoms with E-state index in [2.05, 4.69) is 5.32 Å². The standard InChI is InChI=1S/C17H24N2O6S2/c1-12-9-19(10-13(2)25-12)27(23,24)16-5-3-14(4-6-16)17(20)18-15-7-8-26(21,22)11-15/h3-6,12-13,15H,7-11H2,1-2H3,(H,18,20)/t12-,13-,15-/m1/s1. The van der Waals surface area contributed by atoms with Gasteiger partial charge in [0.15, 0.2) is 9.84 Å². The molecule has 0 aliphatic carbocycles. The van der Waals surface area contributed by atoms with Gasteiger partial charge in [0.05, 0.1) is 28.6 Å². The maximum absolute atomic E-state index is 12.8. The molecule has 1 N–H and O–H groups in total. The van der Waals surface area contributed by atoms with E-state index in [1.165, 1.54) is 28.6 Å². The van der Waals surface area contributed by atoms with Crippen molar-refractivity contribution in [1.29, 1.82) is 0 Å². The van der Waals surface area contributed by atoms with Gasteiger partial charge in [-0.2, -0.15) is 4.31 Å². The Labute approximate surface area is 159 Å². The highest BCUT2D eigenvalue weighted by Gasteiger charge is 2.32. The first kappa shape index (κ1) is 20.2. The number of amides is 1. The van der Waals surface area contributed by atoms with Crippen molar-refractivity contribution in [3.8, 4) is 0 Å². The fraction of sp³-hybridized carbons (Fsp3) is 0.588. The first-order valence-corrected chi connectivity index (χ1v) is 12.1. The average Bonchev–Trinajstić information content (AvgIpc) is 2.92. The van der Waals surface area contributed by atoms with E-state index in [0.717, 1.165) is 0 Å². The lowest BCUT2D eigenvalue weighted by atomic mass is 10.2. The van der Waals surface area contributed by atoms with Crippen LogP contribution in [0.4, 0.5) is 0 Å². The molecule has 0 bridgehead atoms. The topological polar surface area (TPSA) is 110 Å². The number of morpholine rings is 1. The Bertz CT molecular complexity index is 901. The maximum Gasteiger partial charge on any atom is 0.251 e. The Kier molecular flexibility index (Phi) is 5.62. The SMILES string of the molecule is C[C@@H]1CN(S(=O)(=O)c2ccc(C(=O)N[C@@H]3CCS(=O)(=O)C3)cc2)C[C@@H](C)O1. The molecule has 3 rings (SSSR count). The van der Waals surface area contributed by atoms with Crippen molar-refractivity contribution in [3.63, 3.8) is 0 Å². The van der Waals surface area contributed by atoms with E-state index in [1.54, 1.807) is 0 Å². The van der Waals surface area contributed by atoms with Crippen molar-refractivity contribution in [1.82, 2.24) is 9.62 Å². The first-order chi connectivity index (χ1) is 12.6. The van der Waals surface area contributed by atoms with Crippen molar-refractivity contribution in [2.45, 2.75) is 43.4 Å². The maximum atomic E-state index is 12.8. The Hall–Kier alpha value is -1.49. The summed E-state index contributed by atoms with van der Waals surface area (Å²) in [7, 11) is -6.75. The molecule has 1 amide bonds. The molecular formula is C17H24N2O6S2. The second-order valence-corrected chi connectivity index (χ2v) is 11.3. The number of rotatable bonds is 4. The lowest BCUT2D eigenvalue weighted by Crippen LogP contribution is -2.48. The molecule has 8 nitrogen and oxygen atoms in total. The number of ether oxygens (including phenoxy) is 1. The summed E-state index contributed by atoms with van der Waals surface area (Å²) < 4.78 is 55.6. The molecule has 0 spiro atoms. The number of hydrogen-bond acceptors (Lipinski definition) is 6. The summed E-state index contributed by atoms with van der Waals surface area (Å²) in [5.74, 6) is -0.390. The van der Waals surface area contributed by atoms with Crippen LogP contribution in [0.25, 0.3) is 0 Å². The zero-order valence-electron chi connectivity index (χ0n) is 15.3. The van der Waals surface area contributed by atoms with E-state index >= 15 is 0 Å². The van der Waals surface area contributed by atoms with Gasteiger partial charge >= 0.3 is 0 Å². The van der Waals surface area contributed by atoms with Crippen LogP contribution in [0.5, 0.6) is 0 Å². The van der Waals surface area contributed by atoms with E-state index in [4.69, 9.17) is 4.74 Å². The van der Waals surface area contributed by atoms with E-state index in [1.807, 2.05) is 13.8 Å². The monoisotopic (exact) mass is 416 g/mol. The fourth-order valence-electron chi connectivity index (χ4n) is 3.43. The molecule has 2 saturated heterocycles. The number of sulfone groups is 1. The van der Waals surface area contributed by atoms with Crippen molar-refractivity contribution in [2.75, 3.05) is 24.6 Å². The van der Waals surface area contributed by atoms with Gasteiger partial charge in [-0.1, -0.05) is 0 Å². The molecule has 3 atom stereocenters. The zero-order valence-corrected chi connectivity index (χ0v) is 16.9. The first-order valence-electron chi connectivity index (χ1n) is 8.84. The smallest absolute Gasteiger partial charge is 0.251 e. The number of hydrogen-bond donors (Lipinski definition) is 1. The number of nitrogens with one attached hydrogen (secondary N) is 1. The summed E-state index contributed by atoms with van der Waals surface area (Å²) in [5.41, 5.74) is 0.293. The van der Waals surface area contributed by atoms with Crippen LogP contribution >= 0.6 is 0 Å². The van der Waals surface area contributed by atoms with Crippen LogP contribution in [-0.2, 0) is 24.6 Å². The molecule has 0 radical (unpaired) electrons. The number of benzene rings is 1. The van der Waals surface area contributed by atoms with Crippen LogP contribution in [0.2, 0.25) is 0 Å². The van der Waals surface area contributed by atoms with Gasteiger partial charge in [0, 0.05) is 24.7 Å². The van der Waals surface area contributed by atoms with Gasteiger partial charge in [-0.15, -0.1) is 0 Å². The number of nitrogens with zero attached hydrogens (tertiary/aromatic N) is 1. The van der Waals surface area contributed by atoms with Gasteiger partial charge < -0.3 is 10.1 Å². The number of carbonyl (C=O) groups is 1. The van der Waals surface area contributed by atoms with Gasteiger partial charge in [0.25, 0.3) is 5.91 Å². The molecule has 10 heteroatoms. The quantitative estimate of drug-likeness (QED) is 0.761. The molecule has 0 unspecified atom stereocenters. The molecular weight excluding hydrogens is 392 g/mol. The largest absolute Gasteiger partial charge is 0.373 e. The molecule has 150 valence electrons. The summed E-state index contributed by atoms with van der Waals surface area (Å²) in [6.07, 6.45) is 0.0287. The summed E-state index contributed by atoms with van der Waals surface area (Å²) in [4.78, 5) is 12.4. The fourth-order valence-corrected chi connectivity index (χ4v) is 6.70. The van der Waals surface area contributed by atoms with Crippen LogP contribution in [0.15, 0.2) is 29.2 Å². The van der Waals surface area contributed by atoms with Crippen molar-refractivity contribution < 1.29 is 26.4 Å². The molecule has 0 saturated carbocycles. The van der Waals surface area contributed by atoms with Crippen LogP contribution in [0.1, 0.15) is 30.6 Å². The molecule has 1 aromatic rings. The highest BCUT2D eigenvalue weighted by molar-refractivity contribution is 7.91. The van der Waals surface area contributed by atoms with E-state index in [9.17, 15) is 21.6 Å². The Balaban J connectivity index is 1.70. The van der Waals surface area contributed by atoms with Gasteiger partial charge in [0.1, 0.15) is 0 Å². The highest BCUT2D eigenvalue weighted by Crippen LogP contribution is 2.21. The molecule has 2 fully saturated rings. The van der Waals surface area contributed by atoms with Crippen LogP contribution in [-0.4, -0.2) is 69.9 Å². The van der Waals surface area contributed by atoms with E-state index in [0.29, 0.717) is 12.0 Å². The van der Waals surface area contributed by atoms with Gasteiger partial charge in [0.2, 0.25) is 10.0 Å². The van der Waals surface area contributed by atoms with E-state index < -0.39 is 31.8 Å². The van der Waals surface area contributed by atoms with Crippen molar-refractivity contribution in [3.05, 3.63) is 29.8 Å². The predicted octanol–water partition coefficient (Wildman–Crippen LogP) is 0.401. The number of carbonyl (C=O) groups excluding carboxylic acids is 1. The number of sulfonamides is 1. The molecule has 0 aromatic heterocycles. The lowest BCUT2D eigenvalue weighted by molar-refractivity contribution is -0.0440. The zero-order chi connectivity index (χ0) is 19.8. The third kappa shape index (κ3) is 4.68.